The molecule has 1 aromatic carbocycles. The molecule has 5 nitrogen and oxygen atoms in total. The number of nitrogens with one attached hydrogen (secondary N) is 1. The molecule has 114 valence electrons. The SMILES string of the molecule is Cc1ccc(N(C)C(=O)NC2(CC(=O)O)CCC2)c(C)c1. The molecule has 1 aliphatic rings. The van der Waals surface area contributed by atoms with Gasteiger partial charge < -0.3 is 10.4 Å². The standard InChI is InChI=1S/C16H22N2O3/c1-11-5-6-13(12(2)9-11)18(3)15(21)17-16(7-4-8-16)10-14(19)20/h5-6,9H,4,7-8,10H2,1-3H3,(H,17,21)(H,19,20). The van der Waals surface area contributed by atoms with E-state index in [0.717, 1.165) is 36.1 Å². The first-order valence-corrected chi connectivity index (χ1v) is 7.18. The van der Waals surface area contributed by atoms with Crippen LogP contribution in [0.25, 0.3) is 0 Å². The molecule has 2 amide bonds. The molecule has 0 aromatic heterocycles. The van der Waals surface area contributed by atoms with Crippen LogP contribution in [-0.2, 0) is 4.79 Å². The van der Waals surface area contributed by atoms with Crippen LogP contribution in [-0.4, -0.2) is 29.7 Å². The monoisotopic (exact) mass is 290 g/mol. The molecule has 0 bridgehead atoms. The van der Waals surface area contributed by atoms with Crippen LogP contribution in [0.15, 0.2) is 18.2 Å². The van der Waals surface area contributed by atoms with Gasteiger partial charge in [0.05, 0.1) is 12.0 Å². The Bertz CT molecular complexity index is 565. The molecule has 2 N–H and O–H groups in total. The van der Waals surface area contributed by atoms with Gasteiger partial charge in [0, 0.05) is 12.7 Å². The molecular weight excluding hydrogens is 268 g/mol. The second-order valence-electron chi connectivity index (χ2n) is 5.98. The molecule has 0 unspecified atom stereocenters. The topological polar surface area (TPSA) is 69.6 Å². The lowest BCUT2D eigenvalue weighted by Crippen LogP contribution is -2.57. The summed E-state index contributed by atoms with van der Waals surface area (Å²) < 4.78 is 0. The van der Waals surface area contributed by atoms with Crippen LogP contribution in [0.4, 0.5) is 10.5 Å². The maximum absolute atomic E-state index is 12.4. The van der Waals surface area contributed by atoms with Crippen molar-refractivity contribution >= 4 is 17.7 Å². The number of amides is 2. The van der Waals surface area contributed by atoms with Crippen LogP contribution >= 0.6 is 0 Å². The summed E-state index contributed by atoms with van der Waals surface area (Å²) in [4.78, 5) is 24.9. The average molecular weight is 290 g/mol. The fourth-order valence-electron chi connectivity index (χ4n) is 2.84. The summed E-state index contributed by atoms with van der Waals surface area (Å²) in [6.45, 7) is 3.97. The first-order chi connectivity index (χ1) is 9.83. The maximum Gasteiger partial charge on any atom is 0.322 e. The van der Waals surface area contributed by atoms with Crippen molar-refractivity contribution in [3.8, 4) is 0 Å². The molecule has 5 heteroatoms. The Hall–Kier alpha value is -2.04. The van der Waals surface area contributed by atoms with E-state index in [1.165, 1.54) is 0 Å². The van der Waals surface area contributed by atoms with E-state index in [2.05, 4.69) is 5.32 Å². The second-order valence-corrected chi connectivity index (χ2v) is 5.98. The number of hydrogen-bond donors (Lipinski definition) is 2. The Labute approximate surface area is 125 Å². The van der Waals surface area contributed by atoms with Crippen molar-refractivity contribution in [2.24, 2.45) is 0 Å². The zero-order chi connectivity index (χ0) is 15.6. The Balaban J connectivity index is 2.10. The van der Waals surface area contributed by atoms with E-state index in [0.29, 0.717) is 0 Å². The number of carboxylic acids is 1. The number of nitrogens with zero attached hydrogens (tertiary/aromatic N) is 1. The van der Waals surface area contributed by atoms with E-state index < -0.39 is 11.5 Å². The van der Waals surface area contributed by atoms with Gasteiger partial charge in [0.1, 0.15) is 0 Å². The van der Waals surface area contributed by atoms with Crippen molar-refractivity contribution in [1.29, 1.82) is 0 Å². The van der Waals surface area contributed by atoms with Crippen molar-refractivity contribution in [2.45, 2.75) is 45.1 Å². The number of aliphatic carboxylic acids is 1. The van der Waals surface area contributed by atoms with Gasteiger partial charge in [0.15, 0.2) is 0 Å². The fraction of sp³-hybridized carbons (Fsp3) is 0.500. The Morgan fingerprint density at radius 1 is 1.33 bits per heavy atom. The predicted octanol–water partition coefficient (Wildman–Crippen LogP) is 2.85. The quantitative estimate of drug-likeness (QED) is 0.895. The predicted molar refractivity (Wildman–Crippen MR) is 81.7 cm³/mol. The van der Waals surface area contributed by atoms with Gasteiger partial charge in [-0.3, -0.25) is 9.69 Å². The van der Waals surface area contributed by atoms with E-state index in [1.54, 1.807) is 11.9 Å². The van der Waals surface area contributed by atoms with Gasteiger partial charge in [-0.1, -0.05) is 17.7 Å². The third kappa shape index (κ3) is 3.35. The van der Waals surface area contributed by atoms with Crippen LogP contribution < -0.4 is 10.2 Å². The highest BCUT2D eigenvalue weighted by atomic mass is 16.4. The molecule has 0 atom stereocenters. The number of carbonyl (C=O) groups is 2. The number of aryl methyl sites for hydroxylation is 2. The van der Waals surface area contributed by atoms with Gasteiger partial charge in [-0.05, 0) is 44.7 Å². The normalized spacial score (nSPS) is 16.0. The van der Waals surface area contributed by atoms with Crippen molar-refractivity contribution in [2.75, 3.05) is 11.9 Å². The number of carboxylic acid groups (broad SMARTS) is 1. The van der Waals surface area contributed by atoms with E-state index in [4.69, 9.17) is 5.11 Å². The van der Waals surface area contributed by atoms with Gasteiger partial charge in [-0.2, -0.15) is 0 Å². The maximum atomic E-state index is 12.4. The summed E-state index contributed by atoms with van der Waals surface area (Å²) in [5.74, 6) is -0.871. The number of rotatable bonds is 4. The van der Waals surface area contributed by atoms with Crippen LogP contribution in [0.2, 0.25) is 0 Å². The summed E-state index contributed by atoms with van der Waals surface area (Å²) in [5, 5.41) is 11.9. The van der Waals surface area contributed by atoms with Crippen LogP contribution in [0, 0.1) is 13.8 Å². The van der Waals surface area contributed by atoms with Crippen LogP contribution in [0.3, 0.4) is 0 Å². The fourth-order valence-corrected chi connectivity index (χ4v) is 2.84. The number of anilines is 1. The molecule has 0 spiro atoms. The first kappa shape index (κ1) is 15.4. The molecule has 1 aromatic rings. The van der Waals surface area contributed by atoms with Crippen LogP contribution in [0.1, 0.15) is 36.8 Å². The largest absolute Gasteiger partial charge is 0.481 e. The highest BCUT2D eigenvalue weighted by Gasteiger charge is 2.41. The molecule has 0 saturated heterocycles. The van der Waals surface area contributed by atoms with E-state index in [-0.39, 0.29) is 12.5 Å². The number of benzene rings is 1. The summed E-state index contributed by atoms with van der Waals surface area (Å²) in [6, 6.07) is 5.65. The summed E-state index contributed by atoms with van der Waals surface area (Å²) in [5.41, 5.74) is 2.43. The average Bonchev–Trinajstić information content (AvgIpc) is 2.34. The van der Waals surface area contributed by atoms with Crippen molar-refractivity contribution in [3.63, 3.8) is 0 Å². The third-order valence-corrected chi connectivity index (χ3v) is 4.19. The van der Waals surface area contributed by atoms with Gasteiger partial charge >= 0.3 is 12.0 Å². The summed E-state index contributed by atoms with van der Waals surface area (Å²) in [7, 11) is 1.71. The lowest BCUT2D eigenvalue weighted by molar-refractivity contribution is -0.139. The molecule has 1 saturated carbocycles. The summed E-state index contributed by atoms with van der Waals surface area (Å²) in [6.07, 6.45) is 2.40. The molecular formula is C16H22N2O3. The number of urea groups is 1. The lowest BCUT2D eigenvalue weighted by Gasteiger charge is -2.42. The van der Waals surface area contributed by atoms with Crippen LogP contribution in [0.5, 0.6) is 0 Å². The minimum absolute atomic E-state index is 0.0144. The minimum Gasteiger partial charge on any atom is -0.481 e. The molecule has 0 aliphatic heterocycles. The number of hydrogen-bond acceptors (Lipinski definition) is 2. The lowest BCUT2D eigenvalue weighted by atomic mass is 9.74. The highest BCUT2D eigenvalue weighted by molar-refractivity contribution is 5.93. The van der Waals surface area contributed by atoms with E-state index in [1.807, 2.05) is 32.0 Å². The van der Waals surface area contributed by atoms with Gasteiger partial charge in [0.25, 0.3) is 0 Å². The highest BCUT2D eigenvalue weighted by Crippen LogP contribution is 2.35. The Kier molecular flexibility index (Phi) is 4.21. The molecule has 0 heterocycles. The van der Waals surface area contributed by atoms with Crippen molar-refractivity contribution in [1.82, 2.24) is 5.32 Å². The smallest absolute Gasteiger partial charge is 0.322 e. The van der Waals surface area contributed by atoms with Crippen molar-refractivity contribution < 1.29 is 14.7 Å². The molecule has 21 heavy (non-hydrogen) atoms. The minimum atomic E-state index is -0.871. The van der Waals surface area contributed by atoms with E-state index in [9.17, 15) is 9.59 Å². The van der Waals surface area contributed by atoms with Gasteiger partial charge in [0.2, 0.25) is 0 Å². The first-order valence-electron chi connectivity index (χ1n) is 7.18. The Morgan fingerprint density at radius 2 is 2.00 bits per heavy atom. The molecule has 1 fully saturated rings. The molecule has 0 radical (unpaired) electrons. The van der Waals surface area contributed by atoms with Gasteiger partial charge in [-0.25, -0.2) is 4.79 Å². The zero-order valence-electron chi connectivity index (χ0n) is 12.8. The summed E-state index contributed by atoms with van der Waals surface area (Å²) >= 11 is 0. The van der Waals surface area contributed by atoms with Crippen molar-refractivity contribution in [3.05, 3.63) is 29.3 Å². The van der Waals surface area contributed by atoms with E-state index >= 15 is 0 Å². The molecule has 1 aliphatic carbocycles. The number of carbonyl (C=O) groups excluding carboxylic acids is 1. The van der Waals surface area contributed by atoms with Gasteiger partial charge in [-0.15, -0.1) is 0 Å². The second kappa shape index (κ2) is 5.76. The molecule has 2 rings (SSSR count). The Morgan fingerprint density at radius 3 is 2.48 bits per heavy atom. The zero-order valence-corrected chi connectivity index (χ0v) is 12.8. The third-order valence-electron chi connectivity index (χ3n) is 4.19.